The number of nitrogens with one attached hydrogen (secondary N) is 1. The fourth-order valence-electron chi connectivity index (χ4n) is 2.55. The van der Waals surface area contributed by atoms with Crippen molar-refractivity contribution in [1.82, 2.24) is 19.7 Å². The van der Waals surface area contributed by atoms with E-state index in [0.717, 1.165) is 31.5 Å². The van der Waals surface area contributed by atoms with E-state index in [1.54, 1.807) is 4.68 Å². The summed E-state index contributed by atoms with van der Waals surface area (Å²) in [7, 11) is 2.11. The third kappa shape index (κ3) is 2.46. The molecule has 100 valence electrons. The highest BCUT2D eigenvalue weighted by molar-refractivity contribution is 5.53. The highest BCUT2D eigenvalue weighted by Crippen LogP contribution is 2.20. The van der Waals surface area contributed by atoms with Crippen molar-refractivity contribution in [2.45, 2.75) is 18.9 Å². The van der Waals surface area contributed by atoms with Gasteiger partial charge in [-0.25, -0.2) is 9.48 Å². The molecule has 1 aliphatic heterocycles. The zero-order valence-electron chi connectivity index (χ0n) is 11.0. The molecule has 0 atom stereocenters. The normalized spacial score (nSPS) is 17.7. The van der Waals surface area contributed by atoms with Gasteiger partial charge in [-0.2, -0.15) is 0 Å². The standard InChI is InChI=1S/C14H18N4O/c1-17-9-7-12(8-10-17)18-14(19)15-13(16-18)11-5-3-2-4-6-11/h2-6,12H,7-10H2,1H3,(H,15,16,19). The van der Waals surface area contributed by atoms with Crippen molar-refractivity contribution in [3.8, 4) is 11.4 Å². The predicted octanol–water partition coefficient (Wildman–Crippen LogP) is 1.51. The Morgan fingerprint density at radius 3 is 2.58 bits per heavy atom. The summed E-state index contributed by atoms with van der Waals surface area (Å²) in [5, 5.41) is 4.46. The van der Waals surface area contributed by atoms with Gasteiger partial charge in [0.15, 0.2) is 5.82 Å². The van der Waals surface area contributed by atoms with Crippen molar-refractivity contribution >= 4 is 0 Å². The molecule has 0 bridgehead atoms. The first-order valence-electron chi connectivity index (χ1n) is 6.67. The van der Waals surface area contributed by atoms with E-state index in [0.29, 0.717) is 5.82 Å². The quantitative estimate of drug-likeness (QED) is 0.888. The maximum atomic E-state index is 12.0. The summed E-state index contributed by atoms with van der Waals surface area (Å²) in [6.07, 6.45) is 1.96. The summed E-state index contributed by atoms with van der Waals surface area (Å²) in [5.74, 6) is 0.657. The van der Waals surface area contributed by atoms with Crippen LogP contribution in [0.3, 0.4) is 0 Å². The van der Waals surface area contributed by atoms with E-state index in [1.165, 1.54) is 0 Å². The van der Waals surface area contributed by atoms with Crippen molar-refractivity contribution < 1.29 is 0 Å². The molecule has 2 heterocycles. The van der Waals surface area contributed by atoms with Crippen LogP contribution in [0, 0.1) is 0 Å². The van der Waals surface area contributed by atoms with E-state index in [4.69, 9.17) is 0 Å². The average Bonchev–Trinajstić information content (AvgIpc) is 2.83. The Labute approximate surface area is 111 Å². The van der Waals surface area contributed by atoms with Gasteiger partial charge in [-0.15, -0.1) is 5.10 Å². The second kappa shape index (κ2) is 5.01. The molecular weight excluding hydrogens is 240 g/mol. The van der Waals surface area contributed by atoms with Crippen LogP contribution in [0.5, 0.6) is 0 Å². The second-order valence-electron chi connectivity index (χ2n) is 5.12. The Kier molecular flexibility index (Phi) is 3.21. The lowest BCUT2D eigenvalue weighted by molar-refractivity contribution is 0.209. The molecule has 3 rings (SSSR count). The number of aromatic nitrogens is 3. The fourth-order valence-corrected chi connectivity index (χ4v) is 2.55. The number of likely N-dealkylation sites (tertiary alicyclic amines) is 1. The predicted molar refractivity (Wildman–Crippen MR) is 74.1 cm³/mol. The Bertz CT molecular complexity index is 593. The summed E-state index contributed by atoms with van der Waals surface area (Å²) >= 11 is 0. The summed E-state index contributed by atoms with van der Waals surface area (Å²) < 4.78 is 1.62. The van der Waals surface area contributed by atoms with Crippen molar-refractivity contribution in [2.75, 3.05) is 20.1 Å². The van der Waals surface area contributed by atoms with Crippen molar-refractivity contribution in [3.63, 3.8) is 0 Å². The molecule has 5 heteroatoms. The summed E-state index contributed by atoms with van der Waals surface area (Å²) in [4.78, 5) is 17.2. The lowest BCUT2D eigenvalue weighted by atomic mass is 10.1. The Morgan fingerprint density at radius 2 is 1.89 bits per heavy atom. The molecule has 1 saturated heterocycles. The van der Waals surface area contributed by atoms with Crippen LogP contribution < -0.4 is 5.69 Å². The summed E-state index contributed by atoms with van der Waals surface area (Å²) in [6, 6.07) is 9.98. The topological polar surface area (TPSA) is 53.9 Å². The number of hydrogen-bond acceptors (Lipinski definition) is 3. The minimum atomic E-state index is -0.103. The Balaban J connectivity index is 1.88. The number of aromatic amines is 1. The van der Waals surface area contributed by atoms with Crippen LogP contribution in [-0.2, 0) is 0 Å². The van der Waals surface area contributed by atoms with E-state index in [1.807, 2.05) is 30.3 Å². The third-order valence-corrected chi connectivity index (χ3v) is 3.72. The molecule has 2 aromatic rings. The van der Waals surface area contributed by atoms with Gasteiger partial charge in [0, 0.05) is 5.56 Å². The number of H-pyrrole nitrogens is 1. The zero-order chi connectivity index (χ0) is 13.2. The van der Waals surface area contributed by atoms with E-state index in [2.05, 4.69) is 22.0 Å². The molecule has 1 N–H and O–H groups in total. The van der Waals surface area contributed by atoms with Gasteiger partial charge < -0.3 is 4.90 Å². The number of hydrogen-bond donors (Lipinski definition) is 1. The first-order valence-corrected chi connectivity index (χ1v) is 6.67. The fraction of sp³-hybridized carbons (Fsp3) is 0.429. The van der Waals surface area contributed by atoms with E-state index in [-0.39, 0.29) is 11.7 Å². The van der Waals surface area contributed by atoms with Gasteiger partial charge in [0.05, 0.1) is 6.04 Å². The molecular formula is C14H18N4O. The molecule has 1 aromatic heterocycles. The first kappa shape index (κ1) is 12.2. The minimum absolute atomic E-state index is 0.103. The third-order valence-electron chi connectivity index (χ3n) is 3.72. The molecule has 5 nitrogen and oxygen atoms in total. The van der Waals surface area contributed by atoms with Gasteiger partial charge in [-0.1, -0.05) is 30.3 Å². The van der Waals surface area contributed by atoms with Gasteiger partial charge >= 0.3 is 5.69 Å². The van der Waals surface area contributed by atoms with Crippen LogP contribution in [0.25, 0.3) is 11.4 Å². The van der Waals surface area contributed by atoms with E-state index >= 15 is 0 Å². The largest absolute Gasteiger partial charge is 0.343 e. The van der Waals surface area contributed by atoms with Crippen LogP contribution in [0.15, 0.2) is 35.1 Å². The van der Waals surface area contributed by atoms with Crippen molar-refractivity contribution in [1.29, 1.82) is 0 Å². The highest BCUT2D eigenvalue weighted by Gasteiger charge is 2.21. The minimum Gasteiger partial charge on any atom is -0.306 e. The van der Waals surface area contributed by atoms with Crippen molar-refractivity contribution in [3.05, 3.63) is 40.8 Å². The number of nitrogens with zero attached hydrogens (tertiary/aromatic N) is 3. The monoisotopic (exact) mass is 258 g/mol. The smallest absolute Gasteiger partial charge is 0.306 e. The van der Waals surface area contributed by atoms with Gasteiger partial charge in [0.2, 0.25) is 0 Å². The molecule has 1 aromatic carbocycles. The molecule has 0 radical (unpaired) electrons. The van der Waals surface area contributed by atoms with Crippen LogP contribution in [0.1, 0.15) is 18.9 Å². The first-order chi connectivity index (χ1) is 9.24. The molecule has 1 fully saturated rings. The molecule has 0 aliphatic carbocycles. The molecule has 0 spiro atoms. The molecule has 0 saturated carbocycles. The number of benzene rings is 1. The second-order valence-corrected chi connectivity index (χ2v) is 5.12. The highest BCUT2D eigenvalue weighted by atomic mass is 16.2. The molecule has 1 aliphatic rings. The number of rotatable bonds is 2. The molecule has 0 amide bonds. The van der Waals surface area contributed by atoms with Crippen LogP contribution >= 0.6 is 0 Å². The molecule has 19 heavy (non-hydrogen) atoms. The summed E-state index contributed by atoms with van der Waals surface area (Å²) in [5.41, 5.74) is 0.847. The lowest BCUT2D eigenvalue weighted by Gasteiger charge is -2.28. The van der Waals surface area contributed by atoms with Crippen molar-refractivity contribution in [2.24, 2.45) is 0 Å². The molecule has 0 unspecified atom stereocenters. The van der Waals surface area contributed by atoms with Gasteiger partial charge in [-0.05, 0) is 33.0 Å². The van der Waals surface area contributed by atoms with E-state index < -0.39 is 0 Å². The Morgan fingerprint density at radius 1 is 1.21 bits per heavy atom. The van der Waals surface area contributed by atoms with Crippen LogP contribution in [0.2, 0.25) is 0 Å². The SMILES string of the molecule is CN1CCC(n2nc(-c3ccccc3)[nH]c2=O)CC1. The zero-order valence-corrected chi connectivity index (χ0v) is 11.0. The van der Waals surface area contributed by atoms with Crippen LogP contribution in [-0.4, -0.2) is 39.8 Å². The summed E-state index contributed by atoms with van der Waals surface area (Å²) in [6.45, 7) is 2.04. The Hall–Kier alpha value is -1.88. The van der Waals surface area contributed by atoms with Gasteiger partial charge in [-0.3, -0.25) is 4.98 Å². The lowest BCUT2D eigenvalue weighted by Crippen LogP contribution is -2.35. The maximum absolute atomic E-state index is 12.0. The number of piperidine rings is 1. The average molecular weight is 258 g/mol. The van der Waals surface area contributed by atoms with E-state index in [9.17, 15) is 4.79 Å². The van der Waals surface area contributed by atoms with Gasteiger partial charge in [0.1, 0.15) is 0 Å². The maximum Gasteiger partial charge on any atom is 0.343 e. The van der Waals surface area contributed by atoms with Crippen LogP contribution in [0.4, 0.5) is 0 Å². The van der Waals surface area contributed by atoms with Gasteiger partial charge in [0.25, 0.3) is 0 Å².